The molecule has 8 heteroatoms. The van der Waals surface area contributed by atoms with Crippen LogP contribution in [0.4, 0.5) is 11.4 Å². The van der Waals surface area contributed by atoms with E-state index in [9.17, 15) is 4.79 Å². The number of aryl methyl sites for hydroxylation is 1. The summed E-state index contributed by atoms with van der Waals surface area (Å²) in [5, 5.41) is 7.10. The van der Waals surface area contributed by atoms with E-state index in [1.165, 1.54) is 0 Å². The predicted octanol–water partition coefficient (Wildman–Crippen LogP) is 5.71. The Labute approximate surface area is 222 Å². The van der Waals surface area contributed by atoms with E-state index in [-0.39, 0.29) is 18.0 Å². The van der Waals surface area contributed by atoms with Crippen molar-refractivity contribution in [1.82, 2.24) is 14.9 Å². The lowest BCUT2D eigenvalue weighted by molar-refractivity contribution is -0.115. The van der Waals surface area contributed by atoms with Crippen LogP contribution in [0.1, 0.15) is 42.4 Å². The fraction of sp³-hybridized carbons (Fsp3) is 0.207. The van der Waals surface area contributed by atoms with Crippen molar-refractivity contribution < 1.29 is 9.53 Å². The van der Waals surface area contributed by atoms with Crippen LogP contribution in [0.15, 0.2) is 85.2 Å². The normalized spacial score (nSPS) is 16.9. The van der Waals surface area contributed by atoms with Crippen molar-refractivity contribution in [3.05, 3.63) is 102 Å². The highest BCUT2D eigenvalue weighted by atomic mass is 32.1. The molecular weight excluding hydrogens is 482 g/mol. The Morgan fingerprint density at radius 2 is 1.92 bits per heavy atom. The number of methoxy groups -OCH3 is 1. The first-order valence-electron chi connectivity index (χ1n) is 12.2. The lowest BCUT2D eigenvalue weighted by Crippen LogP contribution is -2.30. The van der Waals surface area contributed by atoms with E-state index in [1.807, 2.05) is 80.7 Å². The average Bonchev–Trinajstić information content (AvgIpc) is 3.54. The highest BCUT2D eigenvalue weighted by Crippen LogP contribution is 2.43. The van der Waals surface area contributed by atoms with E-state index in [2.05, 4.69) is 37.2 Å². The van der Waals surface area contributed by atoms with Gasteiger partial charge in [-0.1, -0.05) is 25.1 Å². The first kappa shape index (κ1) is 24.5. The van der Waals surface area contributed by atoms with Gasteiger partial charge in [0, 0.05) is 35.9 Å². The lowest BCUT2D eigenvalue weighted by atomic mass is 10.00. The highest BCUT2D eigenvalue weighted by Gasteiger charge is 2.42. The van der Waals surface area contributed by atoms with Crippen LogP contribution in [0.5, 0.6) is 5.75 Å². The molecule has 1 fully saturated rings. The number of ether oxygens (including phenoxy) is 1. The summed E-state index contributed by atoms with van der Waals surface area (Å²) in [5.41, 5.74) is 5.56. The second-order valence-electron chi connectivity index (χ2n) is 8.87. The number of rotatable bonds is 7. The molecule has 7 nitrogen and oxygen atoms in total. The van der Waals surface area contributed by atoms with Gasteiger partial charge >= 0.3 is 0 Å². The number of para-hydroxylation sites is 2. The van der Waals surface area contributed by atoms with E-state index in [1.54, 1.807) is 13.3 Å². The molecule has 5 rings (SSSR count). The van der Waals surface area contributed by atoms with Crippen LogP contribution >= 0.6 is 12.2 Å². The fourth-order valence-corrected chi connectivity index (χ4v) is 5.14. The van der Waals surface area contributed by atoms with Crippen LogP contribution in [-0.2, 0) is 4.79 Å². The van der Waals surface area contributed by atoms with Gasteiger partial charge in [0.15, 0.2) is 5.11 Å². The molecule has 2 aromatic carbocycles. The Bertz CT molecular complexity index is 1440. The topological polar surface area (TPSA) is 71.4 Å². The van der Waals surface area contributed by atoms with Gasteiger partial charge in [0.2, 0.25) is 5.91 Å². The number of aromatic nitrogens is 2. The van der Waals surface area contributed by atoms with Gasteiger partial charge in [0.05, 0.1) is 24.5 Å². The molecule has 1 saturated heterocycles. The quantitative estimate of drug-likeness (QED) is 0.310. The number of amides is 1. The molecule has 2 N–H and O–H groups in total. The summed E-state index contributed by atoms with van der Waals surface area (Å²) < 4.78 is 7.82. The monoisotopic (exact) mass is 511 g/mol. The Balaban J connectivity index is 1.63. The van der Waals surface area contributed by atoms with Gasteiger partial charge in [-0.05, 0) is 79.3 Å². The summed E-state index contributed by atoms with van der Waals surface area (Å²) in [6.45, 7) is 3.83. The smallest absolute Gasteiger partial charge is 0.224 e. The third-order valence-corrected chi connectivity index (χ3v) is 6.92. The van der Waals surface area contributed by atoms with Crippen molar-refractivity contribution in [2.45, 2.75) is 32.4 Å². The molecule has 4 aromatic rings. The molecule has 1 amide bonds. The molecule has 2 atom stereocenters. The van der Waals surface area contributed by atoms with Crippen LogP contribution in [0, 0.1) is 6.92 Å². The molecule has 0 radical (unpaired) electrons. The Morgan fingerprint density at radius 1 is 1.11 bits per heavy atom. The molecule has 37 heavy (non-hydrogen) atoms. The Hall–Kier alpha value is -4.17. The molecule has 0 spiro atoms. The van der Waals surface area contributed by atoms with E-state index in [4.69, 9.17) is 17.0 Å². The number of hydrogen-bond acceptors (Lipinski definition) is 4. The van der Waals surface area contributed by atoms with Crippen LogP contribution in [0.3, 0.4) is 0 Å². The van der Waals surface area contributed by atoms with Crippen molar-refractivity contribution in [3.8, 4) is 11.4 Å². The fourth-order valence-electron chi connectivity index (χ4n) is 4.79. The second kappa shape index (κ2) is 10.4. The van der Waals surface area contributed by atoms with E-state index in [0.29, 0.717) is 11.5 Å². The van der Waals surface area contributed by atoms with E-state index >= 15 is 0 Å². The van der Waals surface area contributed by atoms with Crippen LogP contribution in [-0.4, -0.2) is 27.7 Å². The maximum absolute atomic E-state index is 12.0. The van der Waals surface area contributed by atoms with E-state index in [0.717, 1.165) is 39.8 Å². The number of thiocarbonyl (C=S) groups is 1. The summed E-state index contributed by atoms with van der Waals surface area (Å²) in [7, 11) is 1.68. The van der Waals surface area contributed by atoms with Crippen molar-refractivity contribution in [2.24, 2.45) is 0 Å². The maximum atomic E-state index is 12.0. The zero-order valence-corrected chi connectivity index (χ0v) is 21.8. The van der Waals surface area contributed by atoms with Crippen LogP contribution in [0.25, 0.3) is 5.69 Å². The molecule has 0 bridgehead atoms. The van der Waals surface area contributed by atoms with Gasteiger partial charge in [-0.2, -0.15) is 0 Å². The summed E-state index contributed by atoms with van der Waals surface area (Å²) in [5.74, 6) is 0.762. The number of hydrogen-bond donors (Lipinski definition) is 2. The van der Waals surface area contributed by atoms with Crippen molar-refractivity contribution in [2.75, 3.05) is 17.3 Å². The number of nitrogens with one attached hydrogen (secondary N) is 2. The number of anilines is 2. The summed E-state index contributed by atoms with van der Waals surface area (Å²) in [6.07, 6.45) is 4.26. The van der Waals surface area contributed by atoms with Crippen molar-refractivity contribution in [3.63, 3.8) is 0 Å². The molecule has 1 aliphatic heterocycles. The Kier molecular flexibility index (Phi) is 6.92. The zero-order valence-electron chi connectivity index (χ0n) is 21.0. The van der Waals surface area contributed by atoms with Gasteiger partial charge in [-0.3, -0.25) is 9.78 Å². The minimum Gasteiger partial charge on any atom is -0.495 e. The summed E-state index contributed by atoms with van der Waals surface area (Å²) in [6, 6.07) is 23.6. The number of nitrogens with zero attached hydrogens (tertiary/aromatic N) is 3. The largest absolute Gasteiger partial charge is 0.495 e. The minimum atomic E-state index is -0.196. The third-order valence-electron chi connectivity index (χ3n) is 6.61. The standard InChI is InChI=1S/C29H29N5O2S/c1-4-26(35)31-21-15-14-20(18-19(21)2)34-28(27(32-29(34)37)22-10-7-8-16-30-22)24-12-9-17-33(24)23-11-5-6-13-25(23)36-3/h5-18,27-28H,4H2,1-3H3,(H,31,35)(H,32,37)/t27-,28+/m0/s1. The average molecular weight is 512 g/mol. The molecule has 0 saturated carbocycles. The van der Waals surface area contributed by atoms with Gasteiger partial charge in [0.1, 0.15) is 11.8 Å². The number of pyridine rings is 1. The molecule has 0 aliphatic carbocycles. The first-order valence-corrected chi connectivity index (χ1v) is 12.6. The van der Waals surface area contributed by atoms with Crippen LogP contribution < -0.4 is 20.3 Å². The molecular formula is C29H29N5O2S. The molecule has 3 heterocycles. The first-order chi connectivity index (χ1) is 18.0. The second-order valence-corrected chi connectivity index (χ2v) is 9.26. The van der Waals surface area contributed by atoms with Gasteiger partial charge < -0.3 is 24.8 Å². The van der Waals surface area contributed by atoms with Crippen molar-refractivity contribution in [1.29, 1.82) is 0 Å². The number of carbonyl (C=O) groups is 1. The molecule has 0 unspecified atom stereocenters. The van der Waals surface area contributed by atoms with Gasteiger partial charge in [-0.15, -0.1) is 0 Å². The van der Waals surface area contributed by atoms with Gasteiger partial charge in [-0.25, -0.2) is 0 Å². The molecule has 2 aromatic heterocycles. The van der Waals surface area contributed by atoms with Crippen LogP contribution in [0.2, 0.25) is 0 Å². The zero-order chi connectivity index (χ0) is 25.9. The minimum absolute atomic E-state index is 0.0167. The molecule has 1 aliphatic rings. The van der Waals surface area contributed by atoms with E-state index < -0.39 is 0 Å². The van der Waals surface area contributed by atoms with Crippen molar-refractivity contribution >= 4 is 34.6 Å². The summed E-state index contributed by atoms with van der Waals surface area (Å²) in [4.78, 5) is 18.8. The maximum Gasteiger partial charge on any atom is 0.224 e. The summed E-state index contributed by atoms with van der Waals surface area (Å²) >= 11 is 5.91. The Morgan fingerprint density at radius 3 is 2.65 bits per heavy atom. The molecule has 188 valence electrons. The predicted molar refractivity (Wildman–Crippen MR) is 150 cm³/mol. The SMILES string of the molecule is CCC(=O)Nc1ccc(N2C(=S)N[C@@H](c3ccccn3)[C@H]2c2cccn2-c2ccccc2OC)cc1C. The lowest BCUT2D eigenvalue weighted by Gasteiger charge is -2.29. The number of carbonyl (C=O) groups excluding carboxylic acids is 1. The number of benzene rings is 2. The van der Waals surface area contributed by atoms with Gasteiger partial charge in [0.25, 0.3) is 0 Å². The third kappa shape index (κ3) is 4.68. The highest BCUT2D eigenvalue weighted by molar-refractivity contribution is 7.80.